The van der Waals surface area contributed by atoms with Crippen LogP contribution >= 0.6 is 11.6 Å². The summed E-state index contributed by atoms with van der Waals surface area (Å²) in [5, 5.41) is 22.0. The van der Waals surface area contributed by atoms with Gasteiger partial charge in [-0.25, -0.2) is 9.37 Å². The lowest BCUT2D eigenvalue weighted by atomic mass is 10.0. The fourth-order valence-electron chi connectivity index (χ4n) is 5.01. The van der Waals surface area contributed by atoms with Gasteiger partial charge in [0.1, 0.15) is 46.6 Å². The number of carbonyl (C=O) groups is 1. The second-order valence-electron chi connectivity index (χ2n) is 8.98. The average molecular weight is 500 g/mol. The molecule has 0 spiro atoms. The summed E-state index contributed by atoms with van der Waals surface area (Å²) in [6.45, 7) is 4.91. The largest absolute Gasteiger partial charge is 0.507 e. The summed E-state index contributed by atoms with van der Waals surface area (Å²) in [4.78, 5) is 22.4. The highest BCUT2D eigenvalue weighted by Gasteiger charge is 2.40. The predicted octanol–water partition coefficient (Wildman–Crippen LogP) is 2.05. The lowest BCUT2D eigenvalue weighted by Crippen LogP contribution is -2.55. The Bertz CT molecular complexity index is 1310. The van der Waals surface area contributed by atoms with Gasteiger partial charge in [-0.15, -0.1) is 10.2 Å². The van der Waals surface area contributed by atoms with Crippen LogP contribution in [-0.4, -0.2) is 74.0 Å². The van der Waals surface area contributed by atoms with Crippen LogP contribution in [0.2, 0.25) is 5.02 Å². The number of fused-ring (bicyclic) bond motifs is 3. The number of rotatable bonds is 2. The van der Waals surface area contributed by atoms with Crippen LogP contribution < -0.4 is 15.0 Å². The Hall–Kier alpha value is -3.44. The standard InChI is InChI=1S/C23H23ClFN7O3/c1-12-8-30-11-27-29-16(30)9-32(12)22-18-21(35-10-13-7-26-5-6-31(13)23(18)34)19(24)20(28-22)17-14(25)3-2-4-15(17)33/h2-4,11-13,26,33H,5-10H2,1H3. The van der Waals surface area contributed by atoms with Crippen molar-refractivity contribution in [1.82, 2.24) is 30.0 Å². The number of aromatic hydroxyl groups is 1. The molecule has 10 nitrogen and oxygen atoms in total. The van der Waals surface area contributed by atoms with E-state index in [2.05, 4.69) is 15.5 Å². The number of amides is 1. The molecule has 12 heteroatoms. The molecule has 0 radical (unpaired) electrons. The van der Waals surface area contributed by atoms with Crippen molar-refractivity contribution in [2.75, 3.05) is 31.1 Å². The molecular formula is C23H23ClFN7O3. The van der Waals surface area contributed by atoms with Gasteiger partial charge in [0, 0.05) is 32.2 Å². The van der Waals surface area contributed by atoms with E-state index in [1.165, 1.54) is 18.2 Å². The van der Waals surface area contributed by atoms with Crippen molar-refractivity contribution in [3.8, 4) is 22.8 Å². The summed E-state index contributed by atoms with van der Waals surface area (Å²) >= 11 is 6.75. The fourth-order valence-corrected chi connectivity index (χ4v) is 5.29. The van der Waals surface area contributed by atoms with Crippen LogP contribution in [-0.2, 0) is 13.1 Å². The number of nitrogens with one attached hydrogen (secondary N) is 1. The van der Waals surface area contributed by atoms with Gasteiger partial charge in [-0.2, -0.15) is 0 Å². The van der Waals surface area contributed by atoms with Crippen molar-refractivity contribution < 1.29 is 19.0 Å². The number of anilines is 1. The summed E-state index contributed by atoms with van der Waals surface area (Å²) in [6.07, 6.45) is 1.67. The molecule has 2 atom stereocenters. The van der Waals surface area contributed by atoms with E-state index in [0.717, 1.165) is 0 Å². The van der Waals surface area contributed by atoms with Crippen LogP contribution in [0.5, 0.6) is 11.5 Å². The van der Waals surface area contributed by atoms with Crippen LogP contribution in [0, 0.1) is 5.82 Å². The number of benzene rings is 1. The van der Waals surface area contributed by atoms with E-state index in [-0.39, 0.29) is 57.9 Å². The molecule has 1 amide bonds. The molecule has 182 valence electrons. The summed E-state index contributed by atoms with van der Waals surface area (Å²) in [5.41, 5.74) is 0.105. The number of pyridine rings is 1. The molecule has 2 unspecified atom stereocenters. The molecule has 2 aromatic heterocycles. The summed E-state index contributed by atoms with van der Waals surface area (Å²) in [6, 6.07) is 3.72. The third kappa shape index (κ3) is 3.49. The second-order valence-corrected chi connectivity index (χ2v) is 9.36. The molecule has 0 saturated carbocycles. The topological polar surface area (TPSA) is 109 Å². The number of piperazine rings is 1. The van der Waals surface area contributed by atoms with E-state index >= 15 is 0 Å². The third-order valence-corrected chi connectivity index (χ3v) is 7.17. The molecule has 3 aliphatic heterocycles. The van der Waals surface area contributed by atoms with Gasteiger partial charge in [0.15, 0.2) is 11.6 Å². The number of hydrogen-bond acceptors (Lipinski definition) is 8. The fraction of sp³-hybridized carbons (Fsp3) is 0.391. The first-order valence-corrected chi connectivity index (χ1v) is 11.8. The van der Waals surface area contributed by atoms with E-state index < -0.39 is 5.82 Å². The van der Waals surface area contributed by atoms with Crippen LogP contribution in [0.4, 0.5) is 10.2 Å². The van der Waals surface area contributed by atoms with Crippen molar-refractivity contribution in [1.29, 1.82) is 0 Å². The van der Waals surface area contributed by atoms with Gasteiger partial charge in [0.05, 0.1) is 18.2 Å². The highest BCUT2D eigenvalue weighted by atomic mass is 35.5. The summed E-state index contributed by atoms with van der Waals surface area (Å²) in [5.74, 6) is -0.0552. The molecule has 1 aromatic carbocycles. The van der Waals surface area contributed by atoms with Crippen molar-refractivity contribution in [3.05, 3.63) is 46.8 Å². The zero-order valence-electron chi connectivity index (χ0n) is 18.9. The molecule has 35 heavy (non-hydrogen) atoms. The van der Waals surface area contributed by atoms with Crippen LogP contribution in [0.1, 0.15) is 23.1 Å². The number of aromatic nitrogens is 4. The Balaban J connectivity index is 1.59. The van der Waals surface area contributed by atoms with Gasteiger partial charge in [-0.1, -0.05) is 17.7 Å². The molecule has 0 bridgehead atoms. The number of hydrogen-bond donors (Lipinski definition) is 2. The van der Waals surface area contributed by atoms with E-state index in [1.807, 2.05) is 16.4 Å². The van der Waals surface area contributed by atoms with Crippen molar-refractivity contribution in [2.45, 2.75) is 32.1 Å². The minimum absolute atomic E-state index is 0.0149. The van der Waals surface area contributed by atoms with Crippen LogP contribution in [0.25, 0.3) is 11.3 Å². The van der Waals surface area contributed by atoms with Gasteiger partial charge < -0.3 is 29.5 Å². The van der Waals surface area contributed by atoms with E-state index in [9.17, 15) is 14.3 Å². The van der Waals surface area contributed by atoms with Crippen LogP contribution in [0.15, 0.2) is 24.5 Å². The van der Waals surface area contributed by atoms with Crippen molar-refractivity contribution in [2.24, 2.45) is 0 Å². The smallest absolute Gasteiger partial charge is 0.261 e. The monoisotopic (exact) mass is 499 g/mol. The normalized spacial score (nSPS) is 21.6. The number of nitrogens with zero attached hydrogens (tertiary/aromatic N) is 6. The van der Waals surface area contributed by atoms with Gasteiger partial charge >= 0.3 is 0 Å². The van der Waals surface area contributed by atoms with E-state index in [1.54, 1.807) is 11.2 Å². The molecule has 3 aromatic rings. The Morgan fingerprint density at radius 1 is 1.29 bits per heavy atom. The zero-order chi connectivity index (χ0) is 24.3. The number of ether oxygens (including phenoxy) is 1. The average Bonchev–Trinajstić information content (AvgIpc) is 3.24. The first-order valence-electron chi connectivity index (χ1n) is 11.4. The molecule has 6 rings (SSSR count). The number of phenols is 1. The Morgan fingerprint density at radius 2 is 2.14 bits per heavy atom. The molecule has 1 saturated heterocycles. The van der Waals surface area contributed by atoms with E-state index in [4.69, 9.17) is 21.3 Å². The SMILES string of the molecule is CC1Cn2cnnc2CN1c1nc(-c2c(O)cccc2F)c(Cl)c2c1C(=O)N1CCNCC1CO2. The van der Waals surface area contributed by atoms with Gasteiger partial charge in [0.25, 0.3) is 5.91 Å². The highest BCUT2D eigenvalue weighted by molar-refractivity contribution is 6.35. The van der Waals surface area contributed by atoms with Gasteiger partial charge in [-0.3, -0.25) is 4.79 Å². The molecule has 0 aliphatic carbocycles. The zero-order valence-corrected chi connectivity index (χ0v) is 19.7. The van der Waals surface area contributed by atoms with Crippen molar-refractivity contribution >= 4 is 23.3 Å². The highest BCUT2D eigenvalue weighted by Crippen LogP contribution is 2.46. The maximum absolute atomic E-state index is 14.9. The van der Waals surface area contributed by atoms with E-state index in [0.29, 0.717) is 44.4 Å². The first-order chi connectivity index (χ1) is 16.9. The van der Waals surface area contributed by atoms with Crippen LogP contribution in [0.3, 0.4) is 0 Å². The molecular weight excluding hydrogens is 477 g/mol. The molecule has 3 aliphatic rings. The molecule has 2 N–H and O–H groups in total. The summed E-state index contributed by atoms with van der Waals surface area (Å²) < 4.78 is 23.0. The summed E-state index contributed by atoms with van der Waals surface area (Å²) in [7, 11) is 0. The minimum atomic E-state index is -0.682. The lowest BCUT2D eigenvalue weighted by Gasteiger charge is -2.37. The number of carbonyl (C=O) groups excluding carboxylic acids is 1. The third-order valence-electron chi connectivity index (χ3n) is 6.82. The lowest BCUT2D eigenvalue weighted by molar-refractivity contribution is 0.0606. The number of phenolic OH excluding ortho intramolecular Hbond substituents is 1. The van der Waals surface area contributed by atoms with Gasteiger partial charge in [0.2, 0.25) is 0 Å². The molecule has 5 heterocycles. The Morgan fingerprint density at radius 3 is 2.97 bits per heavy atom. The first kappa shape index (κ1) is 22.1. The molecule has 1 fully saturated rings. The predicted molar refractivity (Wildman–Crippen MR) is 125 cm³/mol. The van der Waals surface area contributed by atoms with Gasteiger partial charge in [-0.05, 0) is 19.1 Å². The quantitative estimate of drug-likeness (QED) is 0.551. The number of halogens is 2. The maximum atomic E-state index is 14.9. The Kier molecular flexibility index (Phi) is 5.26. The second kappa shape index (κ2) is 8.35. The Labute approximate surface area is 205 Å². The maximum Gasteiger partial charge on any atom is 0.261 e. The minimum Gasteiger partial charge on any atom is -0.507 e. The van der Waals surface area contributed by atoms with Crippen molar-refractivity contribution in [3.63, 3.8) is 0 Å².